The van der Waals surface area contributed by atoms with Crippen LogP contribution in [0, 0.1) is 6.92 Å². The summed E-state index contributed by atoms with van der Waals surface area (Å²) in [5, 5.41) is 20.4. The molecule has 1 amide bonds. The monoisotopic (exact) mass is 195 g/mol. The molecule has 0 unspecified atom stereocenters. The van der Waals surface area contributed by atoms with E-state index in [0.717, 1.165) is 0 Å². The van der Waals surface area contributed by atoms with Crippen molar-refractivity contribution in [1.82, 2.24) is 5.32 Å². The number of hydrogen-bond acceptors (Lipinski definition) is 3. The second-order valence-corrected chi connectivity index (χ2v) is 2.95. The van der Waals surface area contributed by atoms with Crippen LogP contribution in [0.15, 0.2) is 18.2 Å². The number of carbonyl (C=O) groups excluding carboxylic acids is 1. The Hall–Kier alpha value is -1.55. The van der Waals surface area contributed by atoms with E-state index in [1.165, 1.54) is 6.07 Å². The van der Waals surface area contributed by atoms with Crippen LogP contribution in [-0.4, -0.2) is 29.3 Å². The first-order valence-electron chi connectivity index (χ1n) is 4.34. The minimum atomic E-state index is -0.366. The van der Waals surface area contributed by atoms with Crippen molar-refractivity contribution in [3.05, 3.63) is 29.3 Å². The number of aliphatic hydroxyl groups excluding tert-OH is 1. The van der Waals surface area contributed by atoms with Gasteiger partial charge in [-0.2, -0.15) is 0 Å². The maximum atomic E-state index is 11.5. The van der Waals surface area contributed by atoms with Crippen molar-refractivity contribution < 1.29 is 15.0 Å². The molecule has 0 aromatic heterocycles. The summed E-state index contributed by atoms with van der Waals surface area (Å²) < 4.78 is 0. The Morgan fingerprint density at radius 2 is 2.21 bits per heavy atom. The van der Waals surface area contributed by atoms with Crippen LogP contribution in [0.3, 0.4) is 0 Å². The van der Waals surface area contributed by atoms with E-state index in [-0.39, 0.29) is 30.4 Å². The maximum Gasteiger partial charge on any atom is 0.255 e. The van der Waals surface area contributed by atoms with E-state index in [1.54, 1.807) is 19.1 Å². The van der Waals surface area contributed by atoms with Crippen molar-refractivity contribution in [3.8, 4) is 5.75 Å². The number of phenolic OH excluding ortho intramolecular Hbond substituents is 1. The van der Waals surface area contributed by atoms with Gasteiger partial charge in [0.15, 0.2) is 0 Å². The Kier molecular flexibility index (Phi) is 3.48. The minimum Gasteiger partial charge on any atom is -0.507 e. The molecule has 0 radical (unpaired) electrons. The fourth-order valence-corrected chi connectivity index (χ4v) is 1.21. The third-order valence-electron chi connectivity index (χ3n) is 1.88. The molecule has 0 aliphatic heterocycles. The summed E-state index contributed by atoms with van der Waals surface area (Å²) in [4.78, 5) is 11.5. The van der Waals surface area contributed by atoms with Gasteiger partial charge in [-0.1, -0.05) is 12.1 Å². The topological polar surface area (TPSA) is 69.6 Å². The summed E-state index contributed by atoms with van der Waals surface area (Å²) in [5.74, 6) is -0.407. The molecule has 4 heteroatoms. The molecule has 0 spiro atoms. The third-order valence-corrected chi connectivity index (χ3v) is 1.88. The van der Waals surface area contributed by atoms with Crippen molar-refractivity contribution in [2.45, 2.75) is 6.92 Å². The number of phenols is 1. The summed E-state index contributed by atoms with van der Waals surface area (Å²) in [6.45, 7) is 1.82. The molecule has 14 heavy (non-hydrogen) atoms. The number of nitrogens with one attached hydrogen (secondary N) is 1. The van der Waals surface area contributed by atoms with E-state index in [9.17, 15) is 9.90 Å². The molecule has 0 heterocycles. The van der Waals surface area contributed by atoms with Gasteiger partial charge >= 0.3 is 0 Å². The molecule has 0 bridgehead atoms. The molecule has 0 fully saturated rings. The van der Waals surface area contributed by atoms with E-state index in [2.05, 4.69) is 5.32 Å². The van der Waals surface area contributed by atoms with Crippen LogP contribution < -0.4 is 5.32 Å². The highest BCUT2D eigenvalue weighted by molar-refractivity contribution is 5.98. The van der Waals surface area contributed by atoms with E-state index in [4.69, 9.17) is 5.11 Å². The number of benzene rings is 1. The number of aryl methyl sites for hydroxylation is 1. The van der Waals surface area contributed by atoms with Gasteiger partial charge < -0.3 is 15.5 Å². The van der Waals surface area contributed by atoms with E-state index < -0.39 is 0 Å². The number of aromatic hydroxyl groups is 1. The quantitative estimate of drug-likeness (QED) is 0.654. The van der Waals surface area contributed by atoms with Crippen LogP contribution in [0.1, 0.15) is 15.9 Å². The lowest BCUT2D eigenvalue weighted by atomic mass is 10.1. The molecule has 0 saturated carbocycles. The predicted molar refractivity (Wildman–Crippen MR) is 52.3 cm³/mol. The SMILES string of the molecule is Cc1cccc(O)c1C(=O)NCCO. The van der Waals surface area contributed by atoms with Gasteiger partial charge in [0.1, 0.15) is 5.75 Å². The van der Waals surface area contributed by atoms with Crippen LogP contribution in [0.2, 0.25) is 0 Å². The van der Waals surface area contributed by atoms with Crippen LogP contribution >= 0.6 is 0 Å². The summed E-state index contributed by atoms with van der Waals surface area (Å²) in [6, 6.07) is 4.88. The van der Waals surface area contributed by atoms with Gasteiger partial charge in [-0.3, -0.25) is 4.79 Å². The van der Waals surface area contributed by atoms with Gasteiger partial charge in [-0.25, -0.2) is 0 Å². The molecule has 1 aromatic carbocycles. The first-order valence-corrected chi connectivity index (χ1v) is 4.34. The summed E-state index contributed by atoms with van der Waals surface area (Å²) in [7, 11) is 0. The zero-order valence-electron chi connectivity index (χ0n) is 7.95. The number of hydrogen-bond donors (Lipinski definition) is 3. The smallest absolute Gasteiger partial charge is 0.255 e. The molecule has 0 saturated heterocycles. The number of aliphatic hydroxyl groups is 1. The van der Waals surface area contributed by atoms with Crippen molar-refractivity contribution in [1.29, 1.82) is 0 Å². The van der Waals surface area contributed by atoms with Crippen molar-refractivity contribution in [3.63, 3.8) is 0 Å². The van der Waals surface area contributed by atoms with Crippen molar-refractivity contribution in [2.24, 2.45) is 0 Å². The van der Waals surface area contributed by atoms with Crippen LogP contribution in [0.4, 0.5) is 0 Å². The minimum absolute atomic E-state index is 0.0413. The molecule has 1 aromatic rings. The molecule has 4 nitrogen and oxygen atoms in total. The van der Waals surface area contributed by atoms with E-state index in [1.807, 2.05) is 0 Å². The molecular weight excluding hydrogens is 182 g/mol. The molecular formula is C10H13NO3. The van der Waals surface area contributed by atoms with Gasteiger partial charge in [0.25, 0.3) is 5.91 Å². The lowest BCUT2D eigenvalue weighted by Gasteiger charge is -2.07. The first-order chi connectivity index (χ1) is 6.66. The molecule has 0 aliphatic carbocycles. The number of amides is 1. The Morgan fingerprint density at radius 1 is 1.50 bits per heavy atom. The van der Waals surface area contributed by atoms with Crippen LogP contribution in [0.25, 0.3) is 0 Å². The van der Waals surface area contributed by atoms with Crippen molar-refractivity contribution >= 4 is 5.91 Å². The second kappa shape index (κ2) is 4.62. The maximum absolute atomic E-state index is 11.5. The van der Waals surface area contributed by atoms with E-state index >= 15 is 0 Å². The summed E-state index contributed by atoms with van der Waals surface area (Å²) >= 11 is 0. The normalized spacial score (nSPS) is 9.86. The first kappa shape index (κ1) is 10.5. The third kappa shape index (κ3) is 2.23. The predicted octanol–water partition coefficient (Wildman–Crippen LogP) is 0.423. The Bertz CT molecular complexity index is 316. The molecule has 0 aliphatic rings. The zero-order valence-corrected chi connectivity index (χ0v) is 7.95. The standard InChI is InChI=1S/C10H13NO3/c1-7-3-2-4-8(13)9(7)10(14)11-5-6-12/h2-4,12-13H,5-6H2,1H3,(H,11,14). The Morgan fingerprint density at radius 3 is 2.79 bits per heavy atom. The highest BCUT2D eigenvalue weighted by atomic mass is 16.3. The average Bonchev–Trinajstić information content (AvgIpc) is 2.14. The molecule has 0 atom stereocenters. The van der Waals surface area contributed by atoms with E-state index in [0.29, 0.717) is 5.56 Å². The Balaban J connectivity index is 2.89. The number of carbonyl (C=O) groups is 1. The zero-order chi connectivity index (χ0) is 10.6. The lowest BCUT2D eigenvalue weighted by Crippen LogP contribution is -2.27. The lowest BCUT2D eigenvalue weighted by molar-refractivity contribution is 0.0941. The summed E-state index contributed by atoms with van der Waals surface area (Å²) in [5.41, 5.74) is 0.974. The fourth-order valence-electron chi connectivity index (χ4n) is 1.21. The second-order valence-electron chi connectivity index (χ2n) is 2.95. The highest BCUT2D eigenvalue weighted by Crippen LogP contribution is 2.19. The van der Waals surface area contributed by atoms with Gasteiger partial charge in [0.2, 0.25) is 0 Å². The molecule has 3 N–H and O–H groups in total. The van der Waals surface area contributed by atoms with Gasteiger partial charge in [0, 0.05) is 6.54 Å². The Labute approximate surface area is 82.2 Å². The largest absolute Gasteiger partial charge is 0.507 e. The summed E-state index contributed by atoms with van der Waals surface area (Å²) in [6.07, 6.45) is 0. The highest BCUT2D eigenvalue weighted by Gasteiger charge is 2.12. The van der Waals surface area contributed by atoms with Crippen molar-refractivity contribution in [2.75, 3.05) is 13.2 Å². The van der Waals surface area contributed by atoms with Crippen LogP contribution in [0.5, 0.6) is 5.75 Å². The van der Waals surface area contributed by atoms with Gasteiger partial charge in [-0.15, -0.1) is 0 Å². The van der Waals surface area contributed by atoms with Gasteiger partial charge in [-0.05, 0) is 18.6 Å². The van der Waals surface area contributed by atoms with Gasteiger partial charge in [0.05, 0.1) is 12.2 Å². The average molecular weight is 195 g/mol. The molecule has 1 rings (SSSR count). The fraction of sp³-hybridized carbons (Fsp3) is 0.300. The molecule has 76 valence electrons. The van der Waals surface area contributed by atoms with Crippen LogP contribution in [-0.2, 0) is 0 Å². The number of rotatable bonds is 3.